The summed E-state index contributed by atoms with van der Waals surface area (Å²) in [5.41, 5.74) is 0.375. The molecule has 3 nitrogen and oxygen atoms in total. The summed E-state index contributed by atoms with van der Waals surface area (Å²) >= 11 is 0. The molecule has 1 amide bonds. The molecule has 0 aliphatic rings. The molecule has 0 aliphatic carbocycles. The first kappa shape index (κ1) is 12.4. The predicted molar refractivity (Wildman–Crippen MR) is 55.6 cm³/mol. The van der Waals surface area contributed by atoms with Crippen LogP contribution in [-0.2, 0) is 4.79 Å². The third kappa shape index (κ3) is 9.34. The Morgan fingerprint density at radius 1 is 1.23 bits per heavy atom. The highest BCUT2D eigenvalue weighted by atomic mass is 16.1. The maximum atomic E-state index is 10.8. The maximum Gasteiger partial charge on any atom is 0.221 e. The standard InChI is InChI=1S/C10H22N2O/c1-10(2,3)6-8-12-7-5-9(13)11-4/h12H,5-8H2,1-4H3,(H,11,13). The van der Waals surface area contributed by atoms with Crippen LogP contribution in [-0.4, -0.2) is 26.0 Å². The Hall–Kier alpha value is -0.570. The van der Waals surface area contributed by atoms with Crippen LogP contribution in [0.1, 0.15) is 33.6 Å². The summed E-state index contributed by atoms with van der Waals surface area (Å²) in [7, 11) is 1.66. The van der Waals surface area contributed by atoms with Crippen molar-refractivity contribution in [1.29, 1.82) is 0 Å². The minimum Gasteiger partial charge on any atom is -0.359 e. The summed E-state index contributed by atoms with van der Waals surface area (Å²) in [5.74, 6) is 0.100. The van der Waals surface area contributed by atoms with Crippen LogP contribution in [0.5, 0.6) is 0 Å². The summed E-state index contributed by atoms with van der Waals surface area (Å²) in [6.07, 6.45) is 1.71. The second-order valence-corrected chi connectivity index (χ2v) is 4.48. The fraction of sp³-hybridized carbons (Fsp3) is 0.900. The highest BCUT2D eigenvalue weighted by molar-refractivity contribution is 5.75. The molecule has 0 aromatic rings. The van der Waals surface area contributed by atoms with Gasteiger partial charge in [0.25, 0.3) is 0 Å². The molecule has 78 valence electrons. The van der Waals surface area contributed by atoms with Crippen LogP contribution < -0.4 is 10.6 Å². The van der Waals surface area contributed by atoms with Gasteiger partial charge >= 0.3 is 0 Å². The normalized spacial score (nSPS) is 11.4. The zero-order chi connectivity index (χ0) is 10.3. The summed E-state index contributed by atoms with van der Waals surface area (Å²) in [6, 6.07) is 0. The predicted octanol–water partition coefficient (Wildman–Crippen LogP) is 1.15. The molecule has 0 spiro atoms. The number of rotatable bonds is 5. The minimum atomic E-state index is 0.100. The quantitative estimate of drug-likeness (QED) is 0.632. The van der Waals surface area contributed by atoms with Crippen LogP contribution in [0, 0.1) is 5.41 Å². The SMILES string of the molecule is CNC(=O)CCNCCC(C)(C)C. The van der Waals surface area contributed by atoms with Gasteiger partial charge in [-0.2, -0.15) is 0 Å². The Labute approximate surface area is 81.3 Å². The molecule has 0 heterocycles. The zero-order valence-corrected chi connectivity index (χ0v) is 9.24. The largest absolute Gasteiger partial charge is 0.359 e. The van der Waals surface area contributed by atoms with Crippen molar-refractivity contribution in [2.75, 3.05) is 20.1 Å². The molecule has 0 aliphatic heterocycles. The lowest BCUT2D eigenvalue weighted by molar-refractivity contribution is -0.120. The molecule has 0 rings (SSSR count). The topological polar surface area (TPSA) is 41.1 Å². The molecule has 13 heavy (non-hydrogen) atoms. The lowest BCUT2D eigenvalue weighted by Gasteiger charge is -2.17. The van der Waals surface area contributed by atoms with E-state index in [1.807, 2.05) is 0 Å². The average molecular weight is 186 g/mol. The van der Waals surface area contributed by atoms with Crippen molar-refractivity contribution in [3.63, 3.8) is 0 Å². The van der Waals surface area contributed by atoms with Crippen LogP contribution in [0.15, 0.2) is 0 Å². The van der Waals surface area contributed by atoms with Gasteiger partial charge in [0, 0.05) is 20.0 Å². The van der Waals surface area contributed by atoms with E-state index < -0.39 is 0 Å². The van der Waals surface area contributed by atoms with E-state index in [0.29, 0.717) is 11.8 Å². The Kier molecular flexibility index (Phi) is 5.71. The first-order chi connectivity index (χ1) is 5.95. The molecule has 0 bridgehead atoms. The summed E-state index contributed by atoms with van der Waals surface area (Å²) < 4.78 is 0. The molecule has 0 aromatic heterocycles. The Morgan fingerprint density at radius 2 is 1.85 bits per heavy atom. The molecule has 0 aromatic carbocycles. The molecular formula is C10H22N2O. The Morgan fingerprint density at radius 3 is 2.31 bits per heavy atom. The molecule has 0 saturated heterocycles. The number of carbonyl (C=O) groups excluding carboxylic acids is 1. The van der Waals surface area contributed by atoms with Crippen LogP contribution in [0.25, 0.3) is 0 Å². The number of carbonyl (C=O) groups is 1. The van der Waals surface area contributed by atoms with Crippen LogP contribution in [0.3, 0.4) is 0 Å². The van der Waals surface area contributed by atoms with E-state index in [-0.39, 0.29) is 5.91 Å². The molecule has 0 atom stereocenters. The van der Waals surface area contributed by atoms with Gasteiger partial charge in [-0.1, -0.05) is 20.8 Å². The summed E-state index contributed by atoms with van der Waals surface area (Å²) in [5, 5.41) is 5.84. The van der Waals surface area contributed by atoms with E-state index in [1.165, 1.54) is 0 Å². The Bertz CT molecular complexity index is 149. The van der Waals surface area contributed by atoms with Crippen LogP contribution >= 0.6 is 0 Å². The van der Waals surface area contributed by atoms with E-state index in [9.17, 15) is 4.79 Å². The second kappa shape index (κ2) is 5.97. The van der Waals surface area contributed by atoms with E-state index in [0.717, 1.165) is 19.5 Å². The number of amides is 1. The van der Waals surface area contributed by atoms with Gasteiger partial charge in [-0.05, 0) is 18.4 Å². The van der Waals surface area contributed by atoms with Crippen molar-refractivity contribution < 1.29 is 4.79 Å². The van der Waals surface area contributed by atoms with E-state index >= 15 is 0 Å². The first-order valence-electron chi connectivity index (χ1n) is 4.87. The lowest BCUT2D eigenvalue weighted by Crippen LogP contribution is -2.26. The van der Waals surface area contributed by atoms with Gasteiger partial charge in [-0.15, -0.1) is 0 Å². The number of nitrogens with one attached hydrogen (secondary N) is 2. The van der Waals surface area contributed by atoms with Crippen molar-refractivity contribution in [2.45, 2.75) is 33.6 Å². The lowest BCUT2D eigenvalue weighted by atomic mass is 9.92. The minimum absolute atomic E-state index is 0.100. The third-order valence-corrected chi connectivity index (χ3v) is 1.86. The number of hydrogen-bond donors (Lipinski definition) is 2. The highest BCUT2D eigenvalue weighted by Crippen LogP contribution is 2.16. The zero-order valence-electron chi connectivity index (χ0n) is 9.24. The molecule has 0 unspecified atom stereocenters. The second-order valence-electron chi connectivity index (χ2n) is 4.48. The van der Waals surface area contributed by atoms with Gasteiger partial charge < -0.3 is 10.6 Å². The smallest absolute Gasteiger partial charge is 0.221 e. The molecular weight excluding hydrogens is 164 g/mol. The average Bonchev–Trinajstić information content (AvgIpc) is 2.01. The molecule has 0 fully saturated rings. The van der Waals surface area contributed by atoms with Crippen molar-refractivity contribution >= 4 is 5.91 Å². The van der Waals surface area contributed by atoms with Gasteiger partial charge in [-0.3, -0.25) is 4.79 Å². The van der Waals surface area contributed by atoms with Crippen LogP contribution in [0.4, 0.5) is 0 Å². The fourth-order valence-electron chi connectivity index (χ4n) is 0.915. The fourth-order valence-corrected chi connectivity index (χ4v) is 0.915. The monoisotopic (exact) mass is 186 g/mol. The van der Waals surface area contributed by atoms with Gasteiger partial charge in [-0.25, -0.2) is 0 Å². The van der Waals surface area contributed by atoms with Crippen molar-refractivity contribution in [3.05, 3.63) is 0 Å². The molecule has 0 radical (unpaired) electrons. The van der Waals surface area contributed by atoms with Gasteiger partial charge in [0.15, 0.2) is 0 Å². The van der Waals surface area contributed by atoms with Crippen LogP contribution in [0.2, 0.25) is 0 Å². The number of hydrogen-bond acceptors (Lipinski definition) is 2. The van der Waals surface area contributed by atoms with Gasteiger partial charge in [0.05, 0.1) is 0 Å². The van der Waals surface area contributed by atoms with E-state index in [1.54, 1.807) is 7.05 Å². The Balaban J connectivity index is 3.22. The summed E-state index contributed by atoms with van der Waals surface area (Å²) in [4.78, 5) is 10.8. The van der Waals surface area contributed by atoms with E-state index in [2.05, 4.69) is 31.4 Å². The molecule has 3 heteroatoms. The van der Waals surface area contributed by atoms with Gasteiger partial charge in [0.2, 0.25) is 5.91 Å². The van der Waals surface area contributed by atoms with Crippen molar-refractivity contribution in [1.82, 2.24) is 10.6 Å². The molecule has 2 N–H and O–H groups in total. The van der Waals surface area contributed by atoms with Crippen molar-refractivity contribution in [2.24, 2.45) is 5.41 Å². The van der Waals surface area contributed by atoms with E-state index in [4.69, 9.17) is 0 Å². The highest BCUT2D eigenvalue weighted by Gasteiger charge is 2.08. The van der Waals surface area contributed by atoms with Crippen molar-refractivity contribution in [3.8, 4) is 0 Å². The first-order valence-corrected chi connectivity index (χ1v) is 4.87. The maximum absolute atomic E-state index is 10.8. The van der Waals surface area contributed by atoms with Gasteiger partial charge in [0.1, 0.15) is 0 Å². The molecule has 0 saturated carbocycles. The summed E-state index contributed by atoms with van der Waals surface area (Å²) in [6.45, 7) is 8.41. The third-order valence-electron chi connectivity index (χ3n) is 1.86.